The van der Waals surface area contributed by atoms with Crippen molar-refractivity contribution >= 4 is 30.1 Å². The first-order chi connectivity index (χ1) is 9.60. The number of nitrogens with one attached hydrogen (secondary N) is 1. The van der Waals surface area contributed by atoms with Crippen LogP contribution in [0.2, 0.25) is 0 Å². The van der Waals surface area contributed by atoms with E-state index in [9.17, 15) is 4.79 Å². The van der Waals surface area contributed by atoms with Gasteiger partial charge in [0.1, 0.15) is 0 Å². The van der Waals surface area contributed by atoms with E-state index in [4.69, 9.17) is 15.2 Å². The quantitative estimate of drug-likeness (QED) is 0.712. The fourth-order valence-electron chi connectivity index (χ4n) is 1.57. The molecule has 1 aromatic rings. The van der Waals surface area contributed by atoms with Crippen LogP contribution in [0.4, 0.5) is 0 Å². The van der Waals surface area contributed by atoms with Crippen molar-refractivity contribution < 1.29 is 14.3 Å². The molecule has 0 aliphatic heterocycles. The summed E-state index contributed by atoms with van der Waals surface area (Å²) < 4.78 is 10.4. The average molecular weight is 335 g/mol. The predicted octanol–water partition coefficient (Wildman–Crippen LogP) is 2.07. The van der Waals surface area contributed by atoms with Gasteiger partial charge in [-0.05, 0) is 25.1 Å². The van der Waals surface area contributed by atoms with Crippen LogP contribution in [0.5, 0.6) is 11.5 Å². The summed E-state index contributed by atoms with van der Waals surface area (Å²) >= 11 is 1.60. The van der Waals surface area contributed by atoms with Crippen LogP contribution in [-0.4, -0.2) is 38.5 Å². The molecule has 0 saturated carbocycles. The van der Waals surface area contributed by atoms with Crippen LogP contribution >= 0.6 is 24.2 Å². The molecule has 0 radical (unpaired) electrons. The highest BCUT2D eigenvalue weighted by Gasteiger charge is 2.07. The van der Waals surface area contributed by atoms with E-state index in [2.05, 4.69) is 5.32 Å². The number of nitrogens with two attached hydrogens (primary N) is 1. The van der Waals surface area contributed by atoms with E-state index >= 15 is 0 Å². The molecule has 0 unspecified atom stereocenters. The molecule has 120 valence electrons. The molecule has 0 bridgehead atoms. The summed E-state index contributed by atoms with van der Waals surface area (Å²) in [7, 11) is 3.21. The average Bonchev–Trinajstić information content (AvgIpc) is 2.46. The summed E-state index contributed by atoms with van der Waals surface area (Å²) in [4.78, 5) is 12.6. The van der Waals surface area contributed by atoms with Crippen LogP contribution in [0, 0.1) is 0 Å². The second kappa shape index (κ2) is 10.6. The van der Waals surface area contributed by atoms with Crippen molar-refractivity contribution in [3.8, 4) is 11.5 Å². The molecule has 0 aliphatic carbocycles. The number of halogens is 1. The number of thioether (sulfide) groups is 1. The number of amides is 1. The van der Waals surface area contributed by atoms with Crippen LogP contribution in [-0.2, 0) is 4.79 Å². The lowest BCUT2D eigenvalue weighted by Crippen LogP contribution is -2.37. The largest absolute Gasteiger partial charge is 0.493 e. The maximum Gasteiger partial charge on any atom is 0.221 e. The van der Waals surface area contributed by atoms with E-state index in [-0.39, 0.29) is 24.4 Å². The standard InChI is InChI=1S/C14H22N2O3S.ClH/c1-10(9-15)16-14(17)6-7-20-11-4-5-12(18-2)13(8-11)19-3;/h4-5,8,10H,6-7,9,15H2,1-3H3,(H,16,17);1H/t10-;/m0./s1. The molecule has 0 saturated heterocycles. The van der Waals surface area contributed by atoms with Crippen molar-refractivity contribution in [3.63, 3.8) is 0 Å². The van der Waals surface area contributed by atoms with Crippen LogP contribution in [0.3, 0.4) is 0 Å². The van der Waals surface area contributed by atoms with Crippen molar-refractivity contribution in [2.75, 3.05) is 26.5 Å². The van der Waals surface area contributed by atoms with Crippen molar-refractivity contribution in [1.82, 2.24) is 5.32 Å². The summed E-state index contributed by atoms with van der Waals surface area (Å²) in [5.41, 5.74) is 5.45. The highest BCUT2D eigenvalue weighted by atomic mass is 35.5. The molecule has 7 heteroatoms. The number of methoxy groups -OCH3 is 2. The second-order valence-corrected chi connectivity index (χ2v) is 5.49. The number of hydrogen-bond donors (Lipinski definition) is 2. The fraction of sp³-hybridized carbons (Fsp3) is 0.500. The van der Waals surface area contributed by atoms with Gasteiger partial charge in [0.15, 0.2) is 11.5 Å². The molecular formula is C14H23ClN2O3S. The summed E-state index contributed by atoms with van der Waals surface area (Å²) in [6.07, 6.45) is 0.462. The molecule has 0 aliphatic rings. The topological polar surface area (TPSA) is 73.6 Å². The van der Waals surface area contributed by atoms with Gasteiger partial charge >= 0.3 is 0 Å². The number of hydrogen-bond acceptors (Lipinski definition) is 5. The van der Waals surface area contributed by atoms with Gasteiger partial charge in [-0.15, -0.1) is 24.2 Å². The van der Waals surface area contributed by atoms with Gasteiger partial charge in [0, 0.05) is 29.7 Å². The fourth-order valence-corrected chi connectivity index (χ4v) is 2.45. The zero-order valence-electron chi connectivity index (χ0n) is 12.5. The third-order valence-corrected chi connectivity index (χ3v) is 3.71. The van der Waals surface area contributed by atoms with Crippen LogP contribution in [0.25, 0.3) is 0 Å². The van der Waals surface area contributed by atoms with Crippen molar-refractivity contribution in [2.45, 2.75) is 24.3 Å². The van der Waals surface area contributed by atoms with Crippen LogP contribution in [0.15, 0.2) is 23.1 Å². The number of rotatable bonds is 8. The summed E-state index contributed by atoms with van der Waals surface area (Å²) in [5, 5.41) is 2.83. The minimum Gasteiger partial charge on any atom is -0.493 e. The lowest BCUT2D eigenvalue weighted by atomic mass is 10.3. The van der Waals surface area contributed by atoms with Gasteiger partial charge in [0.2, 0.25) is 5.91 Å². The lowest BCUT2D eigenvalue weighted by Gasteiger charge is -2.11. The molecule has 0 aromatic heterocycles. The van der Waals surface area contributed by atoms with Gasteiger partial charge in [0.25, 0.3) is 0 Å². The zero-order valence-corrected chi connectivity index (χ0v) is 14.2. The van der Waals surface area contributed by atoms with Crippen molar-refractivity contribution in [3.05, 3.63) is 18.2 Å². The van der Waals surface area contributed by atoms with Gasteiger partial charge in [-0.3, -0.25) is 4.79 Å². The second-order valence-electron chi connectivity index (χ2n) is 4.32. The first-order valence-electron chi connectivity index (χ1n) is 6.45. The minimum atomic E-state index is 0. The van der Waals surface area contributed by atoms with Crippen LogP contribution < -0.4 is 20.5 Å². The molecule has 0 fully saturated rings. The van der Waals surface area contributed by atoms with Crippen molar-refractivity contribution in [2.24, 2.45) is 5.73 Å². The Morgan fingerprint density at radius 2 is 2.00 bits per heavy atom. The monoisotopic (exact) mass is 334 g/mol. The van der Waals surface area contributed by atoms with Gasteiger partial charge in [-0.1, -0.05) is 0 Å². The number of carbonyl (C=O) groups excluding carboxylic acids is 1. The SMILES string of the molecule is COc1ccc(SCCC(=O)N[C@@H](C)CN)cc1OC.Cl. The number of benzene rings is 1. The van der Waals surface area contributed by atoms with Gasteiger partial charge in [0.05, 0.1) is 14.2 Å². The molecule has 21 heavy (non-hydrogen) atoms. The third-order valence-electron chi connectivity index (χ3n) is 2.71. The van der Waals surface area contributed by atoms with E-state index in [0.29, 0.717) is 30.2 Å². The normalized spacial score (nSPS) is 11.2. The van der Waals surface area contributed by atoms with E-state index < -0.39 is 0 Å². The van der Waals surface area contributed by atoms with Gasteiger partial charge in [-0.2, -0.15) is 0 Å². The zero-order chi connectivity index (χ0) is 15.0. The molecule has 1 amide bonds. The van der Waals surface area contributed by atoms with Crippen LogP contribution in [0.1, 0.15) is 13.3 Å². The Morgan fingerprint density at radius 1 is 1.33 bits per heavy atom. The predicted molar refractivity (Wildman–Crippen MR) is 88.8 cm³/mol. The maximum absolute atomic E-state index is 11.6. The first-order valence-corrected chi connectivity index (χ1v) is 7.43. The highest BCUT2D eigenvalue weighted by molar-refractivity contribution is 7.99. The molecule has 3 N–H and O–H groups in total. The molecule has 0 heterocycles. The smallest absolute Gasteiger partial charge is 0.221 e. The third kappa shape index (κ3) is 6.93. The summed E-state index contributed by atoms with van der Waals surface area (Å²) in [6.45, 7) is 2.34. The molecule has 1 aromatic carbocycles. The molecule has 0 spiro atoms. The molecule has 5 nitrogen and oxygen atoms in total. The van der Waals surface area contributed by atoms with Crippen molar-refractivity contribution in [1.29, 1.82) is 0 Å². The number of ether oxygens (including phenoxy) is 2. The Morgan fingerprint density at radius 3 is 2.57 bits per heavy atom. The van der Waals surface area contributed by atoms with Gasteiger partial charge < -0.3 is 20.5 Å². The molecular weight excluding hydrogens is 312 g/mol. The lowest BCUT2D eigenvalue weighted by molar-refractivity contribution is -0.121. The Kier molecular flexibility index (Phi) is 10.0. The minimum absolute atomic E-state index is 0. The van der Waals surface area contributed by atoms with E-state index in [1.807, 2.05) is 25.1 Å². The Hall–Kier alpha value is -1.11. The van der Waals surface area contributed by atoms with E-state index in [1.54, 1.807) is 26.0 Å². The Labute approximate surface area is 136 Å². The first kappa shape index (κ1) is 19.9. The molecule has 1 rings (SSSR count). The highest BCUT2D eigenvalue weighted by Crippen LogP contribution is 2.31. The van der Waals surface area contributed by atoms with E-state index in [0.717, 1.165) is 4.90 Å². The number of carbonyl (C=O) groups is 1. The maximum atomic E-state index is 11.6. The molecule has 1 atom stereocenters. The summed E-state index contributed by atoms with van der Waals surface area (Å²) in [6, 6.07) is 5.74. The van der Waals surface area contributed by atoms with E-state index in [1.165, 1.54) is 0 Å². The Bertz CT molecular complexity index is 446. The van der Waals surface area contributed by atoms with Gasteiger partial charge in [-0.25, -0.2) is 0 Å². The summed E-state index contributed by atoms with van der Waals surface area (Å²) in [5.74, 6) is 2.12. The Balaban J connectivity index is 0.00000400.